The zero-order chi connectivity index (χ0) is 15.0. The van der Waals surface area contributed by atoms with Gasteiger partial charge in [-0.25, -0.2) is 4.39 Å². The smallest absolute Gasteiger partial charge is 0.228 e. The van der Waals surface area contributed by atoms with Gasteiger partial charge in [0.1, 0.15) is 17.1 Å². The first-order chi connectivity index (χ1) is 10.1. The molecular formula is C17H13FO3. The van der Waals surface area contributed by atoms with E-state index in [1.807, 2.05) is 0 Å². The Bertz CT molecular complexity index is 833. The molecule has 4 heteroatoms. The van der Waals surface area contributed by atoms with Crippen LogP contribution in [0, 0.1) is 12.7 Å². The maximum Gasteiger partial charge on any atom is 0.228 e. The lowest BCUT2D eigenvalue weighted by molar-refractivity contribution is 0.101. The maximum atomic E-state index is 13.2. The molecule has 0 unspecified atom stereocenters. The van der Waals surface area contributed by atoms with Gasteiger partial charge in [0.25, 0.3) is 0 Å². The molecule has 106 valence electrons. The average Bonchev–Trinajstić information content (AvgIpc) is 2.83. The Balaban J connectivity index is 2.11. The molecule has 0 radical (unpaired) electrons. The van der Waals surface area contributed by atoms with E-state index < -0.39 is 5.82 Å². The summed E-state index contributed by atoms with van der Waals surface area (Å²) in [5.74, 6) is 0.184. The Labute approximate surface area is 120 Å². The van der Waals surface area contributed by atoms with Crippen LogP contribution in [0.1, 0.15) is 21.7 Å². The number of carbonyl (C=O) groups excluding carboxylic acids is 1. The van der Waals surface area contributed by atoms with Gasteiger partial charge in [0.05, 0.1) is 7.11 Å². The van der Waals surface area contributed by atoms with E-state index in [4.69, 9.17) is 9.15 Å². The normalized spacial score (nSPS) is 10.8. The fourth-order valence-electron chi connectivity index (χ4n) is 2.31. The first kappa shape index (κ1) is 13.4. The number of furan rings is 1. The number of carbonyl (C=O) groups is 1. The second kappa shape index (κ2) is 5.05. The van der Waals surface area contributed by atoms with E-state index in [9.17, 15) is 9.18 Å². The second-order valence-corrected chi connectivity index (χ2v) is 4.76. The summed E-state index contributed by atoms with van der Waals surface area (Å²) in [4.78, 5) is 12.5. The van der Waals surface area contributed by atoms with Gasteiger partial charge in [-0.2, -0.15) is 0 Å². The molecule has 0 atom stereocenters. The van der Waals surface area contributed by atoms with Crippen LogP contribution < -0.4 is 4.74 Å². The van der Waals surface area contributed by atoms with Gasteiger partial charge in [-0.05, 0) is 31.2 Å². The van der Waals surface area contributed by atoms with Gasteiger partial charge < -0.3 is 9.15 Å². The highest BCUT2D eigenvalue weighted by Gasteiger charge is 2.19. The first-order valence-electron chi connectivity index (χ1n) is 6.47. The lowest BCUT2D eigenvalue weighted by Crippen LogP contribution is -2.01. The zero-order valence-electron chi connectivity index (χ0n) is 11.6. The van der Waals surface area contributed by atoms with Crippen LogP contribution in [0.2, 0.25) is 0 Å². The number of ether oxygens (including phenoxy) is 1. The molecule has 0 aliphatic heterocycles. The summed E-state index contributed by atoms with van der Waals surface area (Å²) in [6.45, 7) is 1.79. The highest BCUT2D eigenvalue weighted by atomic mass is 19.1. The Hall–Kier alpha value is -2.62. The van der Waals surface area contributed by atoms with Crippen LogP contribution in [0.4, 0.5) is 4.39 Å². The monoisotopic (exact) mass is 284 g/mol. The molecule has 0 aliphatic rings. The molecule has 0 fully saturated rings. The number of fused-ring (bicyclic) bond motifs is 1. The second-order valence-electron chi connectivity index (χ2n) is 4.76. The minimum Gasteiger partial charge on any atom is -0.497 e. The van der Waals surface area contributed by atoms with Crippen molar-refractivity contribution < 1.29 is 18.3 Å². The molecule has 3 aromatic rings. The summed E-state index contributed by atoms with van der Waals surface area (Å²) < 4.78 is 23.9. The van der Waals surface area contributed by atoms with Crippen LogP contribution in [-0.2, 0) is 0 Å². The van der Waals surface area contributed by atoms with Gasteiger partial charge in [0.15, 0.2) is 5.76 Å². The van der Waals surface area contributed by atoms with Crippen molar-refractivity contribution in [1.29, 1.82) is 0 Å². The number of aryl methyl sites for hydroxylation is 1. The number of methoxy groups -OCH3 is 1. The average molecular weight is 284 g/mol. The van der Waals surface area contributed by atoms with Crippen molar-refractivity contribution >= 4 is 16.8 Å². The van der Waals surface area contributed by atoms with Crippen LogP contribution in [0.25, 0.3) is 11.0 Å². The first-order valence-corrected chi connectivity index (χ1v) is 6.47. The van der Waals surface area contributed by atoms with Crippen LogP contribution in [-0.4, -0.2) is 12.9 Å². The number of halogens is 1. The third kappa shape index (κ3) is 2.29. The van der Waals surface area contributed by atoms with Crippen molar-refractivity contribution in [1.82, 2.24) is 0 Å². The van der Waals surface area contributed by atoms with Gasteiger partial charge in [-0.1, -0.05) is 12.1 Å². The highest BCUT2D eigenvalue weighted by Crippen LogP contribution is 2.28. The van der Waals surface area contributed by atoms with Gasteiger partial charge in [-0.3, -0.25) is 4.79 Å². The largest absolute Gasteiger partial charge is 0.497 e. The molecule has 0 saturated carbocycles. The minimum absolute atomic E-state index is 0.226. The fourth-order valence-corrected chi connectivity index (χ4v) is 2.31. The molecule has 0 saturated heterocycles. The lowest BCUT2D eigenvalue weighted by atomic mass is 10.0. The van der Waals surface area contributed by atoms with Gasteiger partial charge >= 0.3 is 0 Å². The SMILES string of the molecule is COc1cccc(C(=O)c2oc3cc(F)ccc3c2C)c1. The minimum atomic E-state index is -0.392. The Morgan fingerprint density at radius 2 is 2.00 bits per heavy atom. The maximum absolute atomic E-state index is 13.2. The van der Waals surface area contributed by atoms with Crippen molar-refractivity contribution in [2.24, 2.45) is 0 Å². The molecule has 2 aromatic carbocycles. The molecule has 3 rings (SSSR count). The molecule has 0 spiro atoms. The van der Waals surface area contributed by atoms with E-state index in [1.54, 1.807) is 44.4 Å². The molecule has 3 nitrogen and oxygen atoms in total. The topological polar surface area (TPSA) is 39.4 Å². The van der Waals surface area contributed by atoms with Crippen molar-refractivity contribution in [2.75, 3.05) is 7.11 Å². The van der Waals surface area contributed by atoms with E-state index in [2.05, 4.69) is 0 Å². The molecular weight excluding hydrogens is 271 g/mol. The highest BCUT2D eigenvalue weighted by molar-refractivity contribution is 6.10. The lowest BCUT2D eigenvalue weighted by Gasteiger charge is -2.02. The van der Waals surface area contributed by atoms with Crippen LogP contribution in [0.5, 0.6) is 5.75 Å². The van der Waals surface area contributed by atoms with E-state index in [-0.39, 0.29) is 11.5 Å². The number of hydrogen-bond donors (Lipinski definition) is 0. The molecule has 0 bridgehead atoms. The predicted octanol–water partition coefficient (Wildman–Crippen LogP) is 4.12. The van der Waals surface area contributed by atoms with Crippen LogP contribution in [0.15, 0.2) is 46.9 Å². The molecule has 1 aromatic heterocycles. The quantitative estimate of drug-likeness (QED) is 0.679. The molecule has 1 heterocycles. The fraction of sp³-hybridized carbons (Fsp3) is 0.118. The number of ketones is 1. The van der Waals surface area contributed by atoms with Gasteiger partial charge in [0, 0.05) is 22.6 Å². The van der Waals surface area contributed by atoms with E-state index in [0.717, 1.165) is 5.39 Å². The number of rotatable bonds is 3. The van der Waals surface area contributed by atoms with Crippen LogP contribution in [0.3, 0.4) is 0 Å². The van der Waals surface area contributed by atoms with Crippen LogP contribution >= 0.6 is 0 Å². The third-order valence-electron chi connectivity index (χ3n) is 3.44. The molecule has 0 N–H and O–H groups in total. The van der Waals surface area contributed by atoms with Crippen molar-refractivity contribution in [3.8, 4) is 5.75 Å². The summed E-state index contributed by atoms with van der Waals surface area (Å²) >= 11 is 0. The van der Waals surface area contributed by atoms with E-state index in [1.165, 1.54) is 12.1 Å². The van der Waals surface area contributed by atoms with Crippen molar-refractivity contribution in [2.45, 2.75) is 6.92 Å². The Kier molecular flexibility index (Phi) is 3.22. The predicted molar refractivity (Wildman–Crippen MR) is 77.3 cm³/mol. The zero-order valence-corrected chi connectivity index (χ0v) is 11.6. The summed E-state index contributed by atoms with van der Waals surface area (Å²) in [5, 5.41) is 0.739. The molecule has 0 aliphatic carbocycles. The third-order valence-corrected chi connectivity index (χ3v) is 3.44. The van der Waals surface area contributed by atoms with Crippen molar-refractivity contribution in [3.63, 3.8) is 0 Å². The Morgan fingerprint density at radius 1 is 1.19 bits per heavy atom. The standard InChI is InChI=1S/C17H13FO3/c1-10-14-7-6-12(18)9-15(14)21-17(10)16(19)11-4-3-5-13(8-11)20-2/h3-9H,1-2H3. The summed E-state index contributed by atoms with van der Waals surface area (Å²) in [6.07, 6.45) is 0. The van der Waals surface area contributed by atoms with Gasteiger partial charge in [0.2, 0.25) is 5.78 Å². The van der Waals surface area contributed by atoms with Crippen molar-refractivity contribution in [3.05, 3.63) is 65.2 Å². The summed E-state index contributed by atoms with van der Waals surface area (Å²) in [5.41, 5.74) is 1.55. The molecule has 21 heavy (non-hydrogen) atoms. The molecule has 0 amide bonds. The summed E-state index contributed by atoms with van der Waals surface area (Å²) in [6, 6.07) is 11.1. The van der Waals surface area contributed by atoms with E-state index >= 15 is 0 Å². The number of benzene rings is 2. The van der Waals surface area contributed by atoms with E-state index in [0.29, 0.717) is 22.5 Å². The summed E-state index contributed by atoms with van der Waals surface area (Å²) in [7, 11) is 1.54. The van der Waals surface area contributed by atoms with Gasteiger partial charge in [-0.15, -0.1) is 0 Å². The Morgan fingerprint density at radius 3 is 2.76 bits per heavy atom. The number of hydrogen-bond acceptors (Lipinski definition) is 3.